The topological polar surface area (TPSA) is 58.6 Å². The van der Waals surface area contributed by atoms with Crippen LogP contribution in [0, 0.1) is 6.92 Å². The molecule has 2 rings (SSSR count). The van der Waals surface area contributed by atoms with Crippen LogP contribution < -0.4 is 10.1 Å². The molecule has 6 heteroatoms. The Morgan fingerprint density at radius 3 is 2.28 bits per heavy atom. The van der Waals surface area contributed by atoms with Gasteiger partial charge in [-0.1, -0.05) is 48.4 Å². The van der Waals surface area contributed by atoms with Crippen molar-refractivity contribution in [2.24, 2.45) is 0 Å². The number of halogens is 1. The van der Waals surface area contributed by atoms with Crippen LogP contribution in [0.5, 0.6) is 5.75 Å². The molecule has 2 aromatic carbocycles. The molecular formula is C23H29ClN2O3. The average Bonchev–Trinajstić information content (AvgIpc) is 2.72. The predicted octanol–water partition coefficient (Wildman–Crippen LogP) is 4.36. The van der Waals surface area contributed by atoms with Gasteiger partial charge in [-0.05, 0) is 57.0 Å². The third kappa shape index (κ3) is 7.09. The summed E-state index contributed by atoms with van der Waals surface area (Å²) in [6, 6.07) is 14.1. The Balaban J connectivity index is 2.13. The van der Waals surface area contributed by atoms with Gasteiger partial charge in [-0.25, -0.2) is 0 Å². The zero-order valence-corrected chi connectivity index (χ0v) is 18.2. The van der Waals surface area contributed by atoms with Crippen LogP contribution in [0.4, 0.5) is 0 Å². The van der Waals surface area contributed by atoms with E-state index in [2.05, 4.69) is 5.32 Å². The highest BCUT2D eigenvalue weighted by atomic mass is 35.5. The molecule has 5 nitrogen and oxygen atoms in total. The normalized spacial score (nSPS) is 12.7. The molecule has 0 spiro atoms. The molecular weight excluding hydrogens is 388 g/mol. The van der Waals surface area contributed by atoms with E-state index >= 15 is 0 Å². The van der Waals surface area contributed by atoms with Crippen molar-refractivity contribution in [1.82, 2.24) is 10.2 Å². The lowest BCUT2D eigenvalue weighted by Gasteiger charge is -2.29. The molecule has 2 unspecified atom stereocenters. The summed E-state index contributed by atoms with van der Waals surface area (Å²) in [5.41, 5.74) is 2.00. The van der Waals surface area contributed by atoms with Gasteiger partial charge in [0.05, 0.1) is 0 Å². The molecule has 0 saturated carbocycles. The number of nitrogens with one attached hydrogen (secondary N) is 1. The molecule has 0 bridgehead atoms. The van der Waals surface area contributed by atoms with Gasteiger partial charge >= 0.3 is 0 Å². The van der Waals surface area contributed by atoms with Gasteiger partial charge in [0.1, 0.15) is 11.8 Å². The van der Waals surface area contributed by atoms with Crippen LogP contribution in [-0.4, -0.2) is 35.4 Å². The van der Waals surface area contributed by atoms with Crippen LogP contribution in [-0.2, 0) is 16.1 Å². The number of hydrogen-bond acceptors (Lipinski definition) is 3. The summed E-state index contributed by atoms with van der Waals surface area (Å²) in [5.74, 6) is 0.177. The summed E-state index contributed by atoms with van der Waals surface area (Å²) in [5, 5.41) is 3.57. The van der Waals surface area contributed by atoms with Crippen molar-refractivity contribution in [3.63, 3.8) is 0 Å². The van der Waals surface area contributed by atoms with E-state index < -0.39 is 6.04 Å². The van der Waals surface area contributed by atoms with E-state index in [-0.39, 0.29) is 24.5 Å². The molecule has 2 atom stereocenters. The SMILES string of the molecule is CCC(C)NC(=O)C(C)N(Cc1ccc(Cl)cc1)C(=O)COc1ccc(C)cc1. The minimum atomic E-state index is -0.631. The Morgan fingerprint density at radius 1 is 1.07 bits per heavy atom. The number of ether oxygens (including phenoxy) is 1. The first-order valence-corrected chi connectivity index (χ1v) is 10.2. The van der Waals surface area contributed by atoms with E-state index in [1.165, 1.54) is 4.90 Å². The summed E-state index contributed by atoms with van der Waals surface area (Å²) in [6.07, 6.45) is 0.820. The number of nitrogens with zero attached hydrogens (tertiary/aromatic N) is 1. The molecule has 29 heavy (non-hydrogen) atoms. The molecule has 0 aromatic heterocycles. The Kier molecular flexibility index (Phi) is 8.52. The molecule has 2 amide bonds. The molecule has 0 heterocycles. The molecule has 0 fully saturated rings. The van der Waals surface area contributed by atoms with E-state index in [1.807, 2.05) is 57.2 Å². The fourth-order valence-electron chi connectivity index (χ4n) is 2.70. The van der Waals surface area contributed by atoms with Gasteiger partial charge < -0.3 is 15.0 Å². The third-order valence-electron chi connectivity index (χ3n) is 4.82. The largest absolute Gasteiger partial charge is 0.484 e. The first-order valence-electron chi connectivity index (χ1n) is 9.84. The lowest BCUT2D eigenvalue weighted by atomic mass is 10.1. The second kappa shape index (κ2) is 10.9. The van der Waals surface area contributed by atoms with Crippen LogP contribution in [0.25, 0.3) is 0 Å². The van der Waals surface area contributed by atoms with E-state index in [9.17, 15) is 9.59 Å². The highest BCUT2D eigenvalue weighted by molar-refractivity contribution is 6.30. The molecule has 156 valence electrons. The van der Waals surface area contributed by atoms with Crippen LogP contribution in [0.1, 0.15) is 38.3 Å². The average molecular weight is 417 g/mol. The fraction of sp³-hybridized carbons (Fsp3) is 0.391. The van der Waals surface area contributed by atoms with Crippen molar-refractivity contribution < 1.29 is 14.3 Å². The number of carbonyl (C=O) groups excluding carboxylic acids is 2. The Hall–Kier alpha value is -2.53. The third-order valence-corrected chi connectivity index (χ3v) is 5.07. The van der Waals surface area contributed by atoms with Gasteiger partial charge in [0.2, 0.25) is 5.91 Å². The second-order valence-corrected chi connectivity index (χ2v) is 7.68. The number of rotatable bonds is 9. The quantitative estimate of drug-likeness (QED) is 0.660. The first-order chi connectivity index (χ1) is 13.8. The van der Waals surface area contributed by atoms with Crippen molar-refractivity contribution in [3.8, 4) is 5.75 Å². The minimum absolute atomic E-state index is 0.0428. The monoisotopic (exact) mass is 416 g/mol. The van der Waals surface area contributed by atoms with Crippen molar-refractivity contribution in [2.75, 3.05) is 6.61 Å². The Labute approximate surface area is 178 Å². The van der Waals surface area contributed by atoms with Crippen LogP contribution >= 0.6 is 11.6 Å². The maximum Gasteiger partial charge on any atom is 0.261 e. The van der Waals surface area contributed by atoms with Crippen LogP contribution in [0.3, 0.4) is 0 Å². The first kappa shape index (κ1) is 22.8. The highest BCUT2D eigenvalue weighted by Crippen LogP contribution is 2.15. The Morgan fingerprint density at radius 2 is 1.69 bits per heavy atom. The van der Waals surface area contributed by atoms with E-state index in [1.54, 1.807) is 19.1 Å². The van der Waals surface area contributed by atoms with Gasteiger partial charge in [-0.15, -0.1) is 0 Å². The number of carbonyl (C=O) groups is 2. The summed E-state index contributed by atoms with van der Waals surface area (Å²) in [4.78, 5) is 27.1. The minimum Gasteiger partial charge on any atom is -0.484 e. The lowest BCUT2D eigenvalue weighted by Crippen LogP contribution is -2.50. The molecule has 0 radical (unpaired) electrons. The van der Waals surface area contributed by atoms with E-state index in [0.29, 0.717) is 17.3 Å². The standard InChI is InChI=1S/C23H29ClN2O3/c1-5-17(3)25-23(28)18(4)26(14-19-8-10-20(24)11-9-19)22(27)15-29-21-12-6-16(2)7-13-21/h6-13,17-18H,5,14-15H2,1-4H3,(H,25,28). The van der Waals surface area contributed by atoms with Gasteiger partial charge in [0.15, 0.2) is 6.61 Å². The van der Waals surface area contributed by atoms with Crippen LogP contribution in [0.2, 0.25) is 5.02 Å². The maximum atomic E-state index is 13.0. The summed E-state index contributed by atoms with van der Waals surface area (Å²) < 4.78 is 5.65. The van der Waals surface area contributed by atoms with E-state index in [4.69, 9.17) is 16.3 Å². The number of amides is 2. The van der Waals surface area contributed by atoms with Gasteiger partial charge in [-0.2, -0.15) is 0 Å². The Bertz CT molecular complexity index is 806. The number of hydrogen-bond donors (Lipinski definition) is 1. The summed E-state index contributed by atoms with van der Waals surface area (Å²) >= 11 is 5.96. The fourth-order valence-corrected chi connectivity index (χ4v) is 2.82. The zero-order valence-electron chi connectivity index (χ0n) is 17.4. The molecule has 0 aliphatic heterocycles. The highest BCUT2D eigenvalue weighted by Gasteiger charge is 2.27. The van der Waals surface area contributed by atoms with Crippen molar-refractivity contribution >= 4 is 23.4 Å². The molecule has 2 aromatic rings. The number of aryl methyl sites for hydroxylation is 1. The van der Waals surface area contributed by atoms with Gasteiger partial charge in [0.25, 0.3) is 5.91 Å². The van der Waals surface area contributed by atoms with Crippen LogP contribution in [0.15, 0.2) is 48.5 Å². The molecule has 0 aliphatic rings. The number of benzene rings is 2. The van der Waals surface area contributed by atoms with Gasteiger partial charge in [-0.3, -0.25) is 9.59 Å². The lowest BCUT2D eigenvalue weighted by molar-refractivity contribution is -0.142. The van der Waals surface area contributed by atoms with Gasteiger partial charge in [0, 0.05) is 17.6 Å². The zero-order chi connectivity index (χ0) is 21.4. The second-order valence-electron chi connectivity index (χ2n) is 7.24. The van der Waals surface area contributed by atoms with Crippen molar-refractivity contribution in [3.05, 3.63) is 64.7 Å². The van der Waals surface area contributed by atoms with Crippen molar-refractivity contribution in [2.45, 2.75) is 52.7 Å². The van der Waals surface area contributed by atoms with Crippen molar-refractivity contribution in [1.29, 1.82) is 0 Å². The van der Waals surface area contributed by atoms with E-state index in [0.717, 1.165) is 17.5 Å². The molecule has 0 saturated heterocycles. The molecule has 1 N–H and O–H groups in total. The smallest absolute Gasteiger partial charge is 0.261 e. The summed E-state index contributed by atoms with van der Waals surface area (Å²) in [7, 11) is 0. The predicted molar refractivity (Wildman–Crippen MR) is 116 cm³/mol. The maximum absolute atomic E-state index is 13.0. The summed E-state index contributed by atoms with van der Waals surface area (Å²) in [6.45, 7) is 7.82. The molecule has 0 aliphatic carbocycles.